The molecule has 0 aromatic carbocycles. The number of hydrogen-bond donors (Lipinski definition) is 1. The van der Waals surface area contributed by atoms with Crippen LogP contribution in [0.3, 0.4) is 0 Å². The highest BCUT2D eigenvalue weighted by atomic mass is 28.3. The summed E-state index contributed by atoms with van der Waals surface area (Å²) in [6.07, 6.45) is 4.60. The highest BCUT2D eigenvalue weighted by Gasteiger charge is 2.54. The van der Waals surface area contributed by atoms with Crippen LogP contribution in [-0.2, 0) is 4.74 Å². The highest BCUT2D eigenvalue weighted by Crippen LogP contribution is 2.53. The van der Waals surface area contributed by atoms with Crippen LogP contribution in [0.15, 0.2) is 0 Å². The van der Waals surface area contributed by atoms with Gasteiger partial charge in [0.15, 0.2) is 5.79 Å². The zero-order chi connectivity index (χ0) is 11.3. The van der Waals surface area contributed by atoms with Gasteiger partial charge in [-0.25, -0.2) is 0 Å². The number of fused-ring (bicyclic) bond motifs is 1. The Labute approximate surface area is 94.0 Å². The van der Waals surface area contributed by atoms with Crippen molar-refractivity contribution in [3.63, 3.8) is 0 Å². The summed E-state index contributed by atoms with van der Waals surface area (Å²) in [6.45, 7) is 9.36. The van der Waals surface area contributed by atoms with E-state index in [0.29, 0.717) is 5.92 Å². The van der Waals surface area contributed by atoms with Gasteiger partial charge in [-0.1, -0.05) is 26.1 Å². The van der Waals surface area contributed by atoms with E-state index in [2.05, 4.69) is 26.6 Å². The molecule has 0 spiro atoms. The summed E-state index contributed by atoms with van der Waals surface area (Å²) in [5.74, 6) is -0.365. The average molecular weight is 228 g/mol. The molecule has 0 amide bonds. The third-order valence-corrected chi connectivity index (χ3v) is 7.13. The fraction of sp³-hybridized carbons (Fsp3) is 1.00. The third-order valence-electron chi connectivity index (χ3n) is 4.22. The molecule has 1 saturated carbocycles. The molecule has 2 fully saturated rings. The molecule has 1 heterocycles. The third kappa shape index (κ3) is 2.02. The summed E-state index contributed by atoms with van der Waals surface area (Å²) in [5.41, 5.74) is 0.737. The monoisotopic (exact) mass is 228 g/mol. The second-order valence-corrected chi connectivity index (χ2v) is 12.0. The van der Waals surface area contributed by atoms with Crippen molar-refractivity contribution >= 4 is 8.07 Å². The van der Waals surface area contributed by atoms with Crippen LogP contribution in [0.2, 0.25) is 25.2 Å². The predicted octanol–water partition coefficient (Wildman–Crippen LogP) is 2.99. The Kier molecular flexibility index (Phi) is 2.77. The largest absolute Gasteiger partial charge is 0.365 e. The van der Waals surface area contributed by atoms with Crippen LogP contribution in [0.25, 0.3) is 0 Å². The maximum atomic E-state index is 10.5. The Morgan fingerprint density at radius 1 is 1.33 bits per heavy atom. The summed E-state index contributed by atoms with van der Waals surface area (Å²) >= 11 is 0. The van der Waals surface area contributed by atoms with Crippen molar-refractivity contribution in [1.29, 1.82) is 0 Å². The lowest BCUT2D eigenvalue weighted by Gasteiger charge is -2.44. The van der Waals surface area contributed by atoms with Gasteiger partial charge in [0.1, 0.15) is 0 Å². The Bertz CT molecular complexity index is 248. The molecule has 1 N–H and O–H groups in total. The van der Waals surface area contributed by atoms with Crippen LogP contribution in [0.4, 0.5) is 0 Å². The van der Waals surface area contributed by atoms with Gasteiger partial charge in [0.25, 0.3) is 0 Å². The fourth-order valence-corrected chi connectivity index (χ4v) is 6.24. The molecule has 1 aliphatic carbocycles. The van der Waals surface area contributed by atoms with E-state index in [1.165, 1.54) is 6.42 Å². The highest BCUT2D eigenvalue weighted by molar-refractivity contribution is 6.77. The molecule has 0 aromatic rings. The second kappa shape index (κ2) is 3.57. The van der Waals surface area contributed by atoms with Crippen LogP contribution in [-0.4, -0.2) is 25.1 Å². The minimum Gasteiger partial charge on any atom is -0.365 e. The number of ether oxygens (including phenoxy) is 1. The van der Waals surface area contributed by atoms with Crippen molar-refractivity contribution in [2.75, 3.05) is 0 Å². The lowest BCUT2D eigenvalue weighted by atomic mass is 9.82. The van der Waals surface area contributed by atoms with Crippen molar-refractivity contribution in [2.45, 2.75) is 69.7 Å². The molecule has 2 nitrogen and oxygen atoms in total. The van der Waals surface area contributed by atoms with Gasteiger partial charge in [-0.3, -0.25) is 0 Å². The smallest absolute Gasteiger partial charge is 0.168 e. The van der Waals surface area contributed by atoms with Crippen molar-refractivity contribution in [3.05, 3.63) is 0 Å². The van der Waals surface area contributed by atoms with Crippen molar-refractivity contribution < 1.29 is 9.84 Å². The molecule has 0 bridgehead atoms. The summed E-state index contributed by atoms with van der Waals surface area (Å²) in [7, 11) is -1.16. The van der Waals surface area contributed by atoms with Gasteiger partial charge in [0, 0.05) is 20.4 Å². The number of aliphatic hydroxyl groups is 1. The lowest BCUT2D eigenvalue weighted by Crippen LogP contribution is -2.47. The van der Waals surface area contributed by atoms with Gasteiger partial charge in [0.05, 0.1) is 6.10 Å². The van der Waals surface area contributed by atoms with Gasteiger partial charge in [-0.15, -0.1) is 0 Å². The first kappa shape index (κ1) is 11.6. The van der Waals surface area contributed by atoms with Gasteiger partial charge in [-0.05, 0) is 25.3 Å². The van der Waals surface area contributed by atoms with Gasteiger partial charge < -0.3 is 9.84 Å². The molecule has 0 aromatic heterocycles. The quantitative estimate of drug-likeness (QED) is 0.699. The molecule has 2 rings (SSSR count). The van der Waals surface area contributed by atoms with E-state index >= 15 is 0 Å². The van der Waals surface area contributed by atoms with E-state index in [1.54, 1.807) is 0 Å². The summed E-state index contributed by atoms with van der Waals surface area (Å²) in [5, 5.41) is 10.5. The maximum Gasteiger partial charge on any atom is 0.168 e. The maximum absolute atomic E-state index is 10.5. The molecule has 1 saturated heterocycles. The molecule has 2 unspecified atom stereocenters. The summed E-state index contributed by atoms with van der Waals surface area (Å²) < 4.78 is 5.76. The normalized spacial score (nSPS) is 46.6. The zero-order valence-corrected chi connectivity index (χ0v) is 11.4. The molecular weight excluding hydrogens is 204 g/mol. The zero-order valence-electron chi connectivity index (χ0n) is 10.4. The Hall–Kier alpha value is 0.137. The SMILES string of the molecule is CC1C[C@@H]2[C@@H]([Si](C)(C)C)CCCC2(O)O1. The summed E-state index contributed by atoms with van der Waals surface area (Å²) in [4.78, 5) is 0. The van der Waals surface area contributed by atoms with E-state index < -0.39 is 13.9 Å². The van der Waals surface area contributed by atoms with Gasteiger partial charge in [-0.2, -0.15) is 0 Å². The van der Waals surface area contributed by atoms with Crippen molar-refractivity contribution in [3.8, 4) is 0 Å². The molecule has 1 aliphatic heterocycles. The van der Waals surface area contributed by atoms with Crippen LogP contribution < -0.4 is 0 Å². The van der Waals surface area contributed by atoms with Crippen LogP contribution >= 0.6 is 0 Å². The first-order valence-corrected chi connectivity index (χ1v) is 9.81. The van der Waals surface area contributed by atoms with E-state index in [4.69, 9.17) is 4.74 Å². The van der Waals surface area contributed by atoms with E-state index in [-0.39, 0.29) is 6.10 Å². The van der Waals surface area contributed by atoms with Gasteiger partial charge in [0.2, 0.25) is 0 Å². The Morgan fingerprint density at radius 2 is 2.00 bits per heavy atom. The molecule has 0 radical (unpaired) electrons. The number of hydrogen-bond acceptors (Lipinski definition) is 2. The van der Waals surface area contributed by atoms with Crippen molar-refractivity contribution in [1.82, 2.24) is 0 Å². The fourth-order valence-electron chi connectivity index (χ4n) is 3.56. The topological polar surface area (TPSA) is 29.5 Å². The lowest BCUT2D eigenvalue weighted by molar-refractivity contribution is -0.222. The minimum absolute atomic E-state index is 0.247. The Balaban J connectivity index is 2.22. The van der Waals surface area contributed by atoms with Crippen LogP contribution in [0.1, 0.15) is 32.6 Å². The van der Waals surface area contributed by atoms with E-state index in [9.17, 15) is 5.11 Å². The predicted molar refractivity (Wildman–Crippen MR) is 64.6 cm³/mol. The van der Waals surface area contributed by atoms with Crippen LogP contribution in [0, 0.1) is 5.92 Å². The Morgan fingerprint density at radius 3 is 2.60 bits per heavy atom. The standard InChI is InChI=1S/C12H24O2Si/c1-9-8-10-11(15(2,3)4)6-5-7-12(10,13)14-9/h9-11,13H,5-8H2,1-4H3/t9?,10-,11+,12?/m1/s1. The molecule has 4 atom stereocenters. The van der Waals surface area contributed by atoms with Gasteiger partial charge >= 0.3 is 0 Å². The summed E-state index contributed by atoms with van der Waals surface area (Å²) in [6, 6.07) is 0. The molecule has 88 valence electrons. The molecule has 15 heavy (non-hydrogen) atoms. The minimum atomic E-state index is -1.16. The van der Waals surface area contributed by atoms with Crippen LogP contribution in [0.5, 0.6) is 0 Å². The average Bonchev–Trinajstić information content (AvgIpc) is 2.35. The first-order valence-electron chi connectivity index (χ1n) is 6.23. The molecular formula is C12H24O2Si. The molecule has 3 heteroatoms. The molecule has 2 aliphatic rings. The van der Waals surface area contributed by atoms with E-state index in [1.807, 2.05) is 0 Å². The van der Waals surface area contributed by atoms with E-state index in [0.717, 1.165) is 24.8 Å². The second-order valence-electron chi connectivity index (χ2n) is 6.48. The van der Waals surface area contributed by atoms with Crippen molar-refractivity contribution in [2.24, 2.45) is 5.92 Å². The number of rotatable bonds is 1. The first-order chi connectivity index (χ1) is 6.83.